The van der Waals surface area contributed by atoms with Crippen LogP contribution in [0.4, 0.5) is 0 Å². The lowest BCUT2D eigenvalue weighted by Crippen LogP contribution is -2.16. The molecule has 20 aromatic rings. The summed E-state index contributed by atoms with van der Waals surface area (Å²) >= 11 is 1.88. The molecular weight excluding hydrogens is 1280 g/mol. The molecule has 19 aromatic carbocycles. The van der Waals surface area contributed by atoms with Crippen molar-refractivity contribution >= 4 is 118 Å². The average Bonchev–Trinajstić information content (AvgIpc) is 1.63. The van der Waals surface area contributed by atoms with Gasteiger partial charge in [0.1, 0.15) is 0 Å². The third kappa shape index (κ3) is 9.31. The van der Waals surface area contributed by atoms with Crippen LogP contribution in [0.5, 0.6) is 0 Å². The molecular formula is C104H70S. The van der Waals surface area contributed by atoms with Crippen LogP contribution >= 0.6 is 11.3 Å². The fraction of sp³-hybridized carbons (Fsp3) is 0.0577. The zero-order chi connectivity index (χ0) is 69.8. The lowest BCUT2D eigenvalue weighted by atomic mass is 9.78. The number of benzene rings is 19. The Balaban J connectivity index is 0.000000135. The smallest absolute Gasteiger partial charge is 0.0355 e. The lowest BCUT2D eigenvalue weighted by Gasteiger charge is -2.25. The maximum absolute atomic E-state index is 2.43. The standard InChI is InChI=1S/C53H36.C51H34S/c1-53(2)48-30-29-34-14-4-6-18-40(34)51(48)46-24-12-23-41(52(46)53)36-15-11-16-37(31-36)49-42-19-7-9-21-44(42)50(45-22-10-8-20-43(45)49)38-28-27-35-26-25-33-13-3-5-17-39(33)47(35)32-38;1-51(2)44-27-25-31-13-3-4-16-35(31)49(44)42-23-12-22-36(50(42)51)32-14-11-15-33(29-32)47-38-18-5-7-20-40(38)48(41-21-8-6-19-39(41)47)34-26-28-46-43(30-34)37-17-9-10-24-45(37)52-46/h3-32H,1-2H3;3-30H,1-2H3. The zero-order valence-corrected chi connectivity index (χ0v) is 59.7. The Morgan fingerprint density at radius 1 is 0.181 bits per heavy atom. The van der Waals surface area contributed by atoms with Crippen LogP contribution in [-0.2, 0) is 10.8 Å². The first kappa shape index (κ1) is 61.2. The molecule has 0 unspecified atom stereocenters. The van der Waals surface area contributed by atoms with E-state index in [0.29, 0.717) is 0 Å². The first-order valence-electron chi connectivity index (χ1n) is 36.9. The van der Waals surface area contributed by atoms with Gasteiger partial charge in [0.2, 0.25) is 0 Å². The summed E-state index contributed by atoms with van der Waals surface area (Å²) in [7, 11) is 0. The van der Waals surface area contributed by atoms with E-state index in [1.165, 1.54) is 218 Å². The summed E-state index contributed by atoms with van der Waals surface area (Å²) in [6.07, 6.45) is 0. The summed E-state index contributed by atoms with van der Waals surface area (Å²) in [6.45, 7) is 9.59. The van der Waals surface area contributed by atoms with Gasteiger partial charge in [-0.2, -0.15) is 0 Å². The minimum atomic E-state index is -0.131. The number of fused-ring (bicyclic) bond motifs is 20. The largest absolute Gasteiger partial charge is 0.135 e. The van der Waals surface area contributed by atoms with E-state index in [4.69, 9.17) is 0 Å². The summed E-state index contributed by atoms with van der Waals surface area (Å²) in [5.74, 6) is 0. The van der Waals surface area contributed by atoms with Gasteiger partial charge in [0, 0.05) is 31.0 Å². The van der Waals surface area contributed by atoms with Crippen molar-refractivity contribution in [1.29, 1.82) is 0 Å². The van der Waals surface area contributed by atoms with Crippen molar-refractivity contribution in [2.75, 3.05) is 0 Å². The molecule has 2 aliphatic rings. The molecule has 105 heavy (non-hydrogen) atoms. The van der Waals surface area contributed by atoms with E-state index in [1.54, 1.807) is 0 Å². The number of hydrogen-bond acceptors (Lipinski definition) is 1. The van der Waals surface area contributed by atoms with Gasteiger partial charge in [-0.1, -0.05) is 343 Å². The van der Waals surface area contributed by atoms with Crippen molar-refractivity contribution < 1.29 is 0 Å². The summed E-state index contributed by atoms with van der Waals surface area (Å²) < 4.78 is 2.67. The molecule has 0 spiro atoms. The van der Waals surface area contributed by atoms with Crippen LogP contribution in [0.3, 0.4) is 0 Å². The fourth-order valence-corrected chi connectivity index (χ4v) is 20.1. The summed E-state index contributed by atoms with van der Waals surface area (Å²) in [4.78, 5) is 0. The highest BCUT2D eigenvalue weighted by Crippen LogP contribution is 2.57. The molecule has 1 aromatic heterocycles. The van der Waals surface area contributed by atoms with Crippen LogP contribution in [0.25, 0.3) is 195 Å². The van der Waals surface area contributed by atoms with E-state index in [-0.39, 0.29) is 10.8 Å². The normalized spacial score (nSPS) is 13.3. The Morgan fingerprint density at radius 2 is 0.476 bits per heavy atom. The number of rotatable bonds is 6. The summed E-state index contributed by atoms with van der Waals surface area (Å²) in [5, 5.41) is 23.2. The predicted molar refractivity (Wildman–Crippen MR) is 454 cm³/mol. The molecule has 2 aliphatic carbocycles. The molecule has 0 amide bonds. The maximum Gasteiger partial charge on any atom is 0.0355 e. The molecule has 0 saturated carbocycles. The molecule has 1 heteroatoms. The maximum atomic E-state index is 2.43. The highest BCUT2D eigenvalue weighted by molar-refractivity contribution is 7.25. The van der Waals surface area contributed by atoms with E-state index < -0.39 is 0 Å². The highest BCUT2D eigenvalue weighted by atomic mass is 32.1. The molecule has 492 valence electrons. The van der Waals surface area contributed by atoms with Gasteiger partial charge in [0.25, 0.3) is 0 Å². The summed E-state index contributed by atoms with van der Waals surface area (Å²) in [6, 6.07) is 131. The number of hydrogen-bond donors (Lipinski definition) is 0. The second kappa shape index (κ2) is 23.5. The van der Waals surface area contributed by atoms with Crippen molar-refractivity contribution in [2.24, 2.45) is 0 Å². The van der Waals surface area contributed by atoms with Crippen molar-refractivity contribution in [3.8, 4) is 89.0 Å². The van der Waals surface area contributed by atoms with Crippen molar-refractivity contribution in [3.05, 3.63) is 374 Å². The monoisotopic (exact) mass is 1350 g/mol. The van der Waals surface area contributed by atoms with E-state index in [2.05, 4.69) is 380 Å². The van der Waals surface area contributed by atoms with E-state index >= 15 is 0 Å². The van der Waals surface area contributed by atoms with Crippen LogP contribution in [0.2, 0.25) is 0 Å². The zero-order valence-electron chi connectivity index (χ0n) is 58.9. The molecule has 0 atom stereocenters. The SMILES string of the molecule is CC1(C)c2ccc3ccccc3c2-c2cccc(-c3cccc(-c4c5ccccc5c(-c5ccc6ccc7ccccc7c6c5)c5ccccc45)c3)c21.CC1(C)c2ccc3ccccc3c2-c2cccc(-c3cccc(-c4c5ccccc5c(-c5ccc6sc7ccccc7c6c5)c5ccccc45)c3)c21. The van der Waals surface area contributed by atoms with Crippen molar-refractivity contribution in [2.45, 2.75) is 38.5 Å². The molecule has 0 radical (unpaired) electrons. The second-order valence-electron chi connectivity index (χ2n) is 30.0. The minimum absolute atomic E-state index is 0.128. The molecule has 0 fully saturated rings. The van der Waals surface area contributed by atoms with Crippen LogP contribution in [0.15, 0.2) is 352 Å². The molecule has 0 nitrogen and oxygen atoms in total. The van der Waals surface area contributed by atoms with Crippen LogP contribution in [0, 0.1) is 0 Å². The Bertz CT molecular complexity index is 6980. The van der Waals surface area contributed by atoms with Gasteiger partial charge in [0.05, 0.1) is 0 Å². The first-order chi connectivity index (χ1) is 51.6. The van der Waals surface area contributed by atoms with Crippen LogP contribution < -0.4 is 0 Å². The molecule has 0 saturated heterocycles. The predicted octanol–water partition coefficient (Wildman–Crippen LogP) is 29.6. The van der Waals surface area contributed by atoms with Gasteiger partial charge < -0.3 is 0 Å². The Kier molecular flexibility index (Phi) is 13.7. The van der Waals surface area contributed by atoms with E-state index in [9.17, 15) is 0 Å². The van der Waals surface area contributed by atoms with Crippen molar-refractivity contribution in [3.63, 3.8) is 0 Å². The molecule has 0 bridgehead atoms. The van der Waals surface area contributed by atoms with Crippen LogP contribution in [0.1, 0.15) is 49.9 Å². The van der Waals surface area contributed by atoms with E-state index in [0.717, 1.165) is 0 Å². The average molecular weight is 1350 g/mol. The fourth-order valence-electron chi connectivity index (χ4n) is 19.0. The van der Waals surface area contributed by atoms with Gasteiger partial charge in [0.15, 0.2) is 0 Å². The third-order valence-electron chi connectivity index (χ3n) is 23.6. The van der Waals surface area contributed by atoms with Gasteiger partial charge in [-0.05, 0) is 234 Å². The van der Waals surface area contributed by atoms with Gasteiger partial charge in [-0.15, -0.1) is 11.3 Å². The molecule has 1 heterocycles. The van der Waals surface area contributed by atoms with Gasteiger partial charge in [-0.3, -0.25) is 0 Å². The Morgan fingerprint density at radius 3 is 0.924 bits per heavy atom. The first-order valence-corrected chi connectivity index (χ1v) is 37.7. The van der Waals surface area contributed by atoms with Gasteiger partial charge >= 0.3 is 0 Å². The summed E-state index contributed by atoms with van der Waals surface area (Å²) in [5.41, 5.74) is 26.2. The molecule has 0 aliphatic heterocycles. The van der Waals surface area contributed by atoms with Crippen molar-refractivity contribution in [1.82, 2.24) is 0 Å². The third-order valence-corrected chi connectivity index (χ3v) is 24.8. The topological polar surface area (TPSA) is 0 Å². The lowest BCUT2D eigenvalue weighted by molar-refractivity contribution is 0.662. The molecule has 22 rings (SSSR count). The molecule has 0 N–H and O–H groups in total. The minimum Gasteiger partial charge on any atom is -0.135 e. The second-order valence-corrected chi connectivity index (χ2v) is 31.1. The Hall–Kier alpha value is -12.5. The van der Waals surface area contributed by atoms with E-state index in [1.807, 2.05) is 11.3 Å². The quantitative estimate of drug-likeness (QED) is 0.115. The highest BCUT2D eigenvalue weighted by Gasteiger charge is 2.40. The number of thiophene rings is 1. The Labute approximate surface area is 615 Å². The van der Waals surface area contributed by atoms with Gasteiger partial charge in [-0.25, -0.2) is 0 Å². The van der Waals surface area contributed by atoms with Crippen LogP contribution in [-0.4, -0.2) is 0 Å².